The van der Waals surface area contributed by atoms with Gasteiger partial charge < -0.3 is 4.90 Å². The average Bonchev–Trinajstić information content (AvgIpc) is 2.89. The van der Waals surface area contributed by atoms with Crippen molar-refractivity contribution < 1.29 is 14.4 Å². The van der Waals surface area contributed by atoms with E-state index in [-0.39, 0.29) is 23.8 Å². The second-order valence-electron chi connectivity index (χ2n) is 7.07. The lowest BCUT2D eigenvalue weighted by Gasteiger charge is -2.37. The molecule has 0 spiro atoms. The Kier molecular flexibility index (Phi) is 3.82. The molecule has 27 heavy (non-hydrogen) atoms. The van der Waals surface area contributed by atoms with Crippen LogP contribution in [0.15, 0.2) is 48.5 Å². The Morgan fingerprint density at radius 2 is 1.52 bits per heavy atom. The van der Waals surface area contributed by atoms with Crippen LogP contribution in [-0.4, -0.2) is 51.6 Å². The molecular formula is C21H18N2O3S. The fraction of sp³-hybridized carbons (Fsp3) is 0.286. The van der Waals surface area contributed by atoms with Gasteiger partial charge in [0.1, 0.15) is 6.04 Å². The van der Waals surface area contributed by atoms with Crippen LogP contribution in [0, 0.1) is 0 Å². The molecule has 5 rings (SSSR count). The van der Waals surface area contributed by atoms with E-state index in [0.29, 0.717) is 24.1 Å². The van der Waals surface area contributed by atoms with Crippen LogP contribution in [0.25, 0.3) is 0 Å². The summed E-state index contributed by atoms with van der Waals surface area (Å²) in [6.07, 6.45) is 0.373. The largest absolute Gasteiger partial charge is 0.332 e. The zero-order valence-corrected chi connectivity index (χ0v) is 15.4. The highest BCUT2D eigenvalue weighted by Crippen LogP contribution is 2.37. The highest BCUT2D eigenvalue weighted by Gasteiger charge is 2.47. The first-order valence-electron chi connectivity index (χ1n) is 9.10. The van der Waals surface area contributed by atoms with Gasteiger partial charge in [0, 0.05) is 24.5 Å². The van der Waals surface area contributed by atoms with Gasteiger partial charge in [0.25, 0.3) is 11.8 Å². The molecule has 0 bridgehead atoms. The molecule has 0 aliphatic carbocycles. The summed E-state index contributed by atoms with van der Waals surface area (Å²) in [6.45, 7) is 0.641. The van der Waals surface area contributed by atoms with E-state index in [9.17, 15) is 14.4 Å². The van der Waals surface area contributed by atoms with Crippen molar-refractivity contribution in [3.05, 3.63) is 70.8 Å². The molecule has 1 saturated heterocycles. The molecule has 2 aromatic carbocycles. The SMILES string of the molecule is O=C1C(N2C(=O)c3ccccc3C2=O)Cc2ccccc2C2CSCCN12. The normalized spacial score (nSPS) is 24.4. The summed E-state index contributed by atoms with van der Waals surface area (Å²) < 4.78 is 0. The van der Waals surface area contributed by atoms with E-state index in [1.165, 1.54) is 4.90 Å². The molecule has 6 heteroatoms. The number of benzene rings is 2. The number of rotatable bonds is 1. The minimum atomic E-state index is -0.786. The van der Waals surface area contributed by atoms with Crippen molar-refractivity contribution in [1.82, 2.24) is 9.80 Å². The molecule has 136 valence electrons. The van der Waals surface area contributed by atoms with Gasteiger partial charge in [0.2, 0.25) is 5.91 Å². The maximum absolute atomic E-state index is 13.4. The van der Waals surface area contributed by atoms with E-state index in [2.05, 4.69) is 6.07 Å². The monoisotopic (exact) mass is 378 g/mol. The summed E-state index contributed by atoms with van der Waals surface area (Å²) >= 11 is 1.84. The predicted molar refractivity (Wildman–Crippen MR) is 103 cm³/mol. The van der Waals surface area contributed by atoms with Crippen molar-refractivity contribution in [2.45, 2.75) is 18.5 Å². The van der Waals surface area contributed by atoms with Crippen LogP contribution >= 0.6 is 11.8 Å². The molecule has 3 heterocycles. The van der Waals surface area contributed by atoms with Crippen LogP contribution in [0.4, 0.5) is 0 Å². The molecule has 3 amide bonds. The Morgan fingerprint density at radius 1 is 0.852 bits per heavy atom. The molecule has 0 saturated carbocycles. The number of hydrogen-bond donors (Lipinski definition) is 0. The van der Waals surface area contributed by atoms with E-state index in [0.717, 1.165) is 22.6 Å². The van der Waals surface area contributed by atoms with E-state index in [1.54, 1.807) is 24.3 Å². The Balaban J connectivity index is 1.60. The quantitative estimate of drug-likeness (QED) is 0.716. The van der Waals surface area contributed by atoms with Gasteiger partial charge in [0.15, 0.2) is 0 Å². The van der Waals surface area contributed by atoms with E-state index in [4.69, 9.17) is 0 Å². The van der Waals surface area contributed by atoms with E-state index < -0.39 is 6.04 Å². The molecular weight excluding hydrogens is 360 g/mol. The van der Waals surface area contributed by atoms with Crippen LogP contribution in [0.3, 0.4) is 0 Å². The van der Waals surface area contributed by atoms with Gasteiger partial charge in [-0.25, -0.2) is 0 Å². The number of imide groups is 1. The van der Waals surface area contributed by atoms with Crippen molar-refractivity contribution in [1.29, 1.82) is 0 Å². The maximum Gasteiger partial charge on any atom is 0.262 e. The fourth-order valence-electron chi connectivity index (χ4n) is 4.35. The van der Waals surface area contributed by atoms with Gasteiger partial charge in [-0.05, 0) is 23.3 Å². The highest BCUT2D eigenvalue weighted by molar-refractivity contribution is 7.99. The minimum Gasteiger partial charge on any atom is -0.332 e. The molecule has 0 aromatic heterocycles. The molecule has 3 aliphatic rings. The smallest absolute Gasteiger partial charge is 0.262 e. The van der Waals surface area contributed by atoms with Crippen LogP contribution in [0.2, 0.25) is 0 Å². The van der Waals surface area contributed by atoms with E-state index >= 15 is 0 Å². The zero-order valence-electron chi connectivity index (χ0n) is 14.6. The van der Waals surface area contributed by atoms with Gasteiger partial charge in [-0.1, -0.05) is 36.4 Å². The molecule has 3 aliphatic heterocycles. The summed E-state index contributed by atoms with van der Waals surface area (Å²) in [7, 11) is 0. The molecule has 0 N–H and O–H groups in total. The number of amides is 3. The number of nitrogens with zero attached hydrogens (tertiary/aromatic N) is 2. The van der Waals surface area contributed by atoms with Gasteiger partial charge in [-0.15, -0.1) is 0 Å². The van der Waals surface area contributed by atoms with Crippen molar-refractivity contribution in [3.8, 4) is 0 Å². The molecule has 0 radical (unpaired) electrons. The molecule has 1 fully saturated rings. The third kappa shape index (κ3) is 2.43. The van der Waals surface area contributed by atoms with Crippen molar-refractivity contribution in [2.75, 3.05) is 18.1 Å². The lowest BCUT2D eigenvalue weighted by molar-refractivity contribution is -0.137. The summed E-state index contributed by atoms with van der Waals surface area (Å²) in [6, 6.07) is 14.0. The second kappa shape index (κ2) is 6.23. The second-order valence-corrected chi connectivity index (χ2v) is 8.22. The summed E-state index contributed by atoms with van der Waals surface area (Å²) in [4.78, 5) is 42.4. The molecule has 2 unspecified atom stereocenters. The first-order valence-corrected chi connectivity index (χ1v) is 10.2. The standard InChI is InChI=1S/C21H18N2O3S/c24-19-15-7-3-4-8-16(15)20(25)23(19)17-11-13-5-1-2-6-14(13)18-12-27-10-9-22(18)21(17)26/h1-8,17-18H,9-12H2. The van der Waals surface area contributed by atoms with Crippen LogP contribution in [0.5, 0.6) is 0 Å². The number of hydrogen-bond acceptors (Lipinski definition) is 4. The molecule has 2 atom stereocenters. The average molecular weight is 378 g/mol. The Labute approximate surface area is 161 Å². The third-order valence-corrected chi connectivity index (χ3v) is 6.68. The highest BCUT2D eigenvalue weighted by atomic mass is 32.2. The summed E-state index contributed by atoms with van der Waals surface area (Å²) in [5, 5.41) is 0. The molecule has 2 aromatic rings. The van der Waals surface area contributed by atoms with Gasteiger partial charge in [-0.3, -0.25) is 19.3 Å². The van der Waals surface area contributed by atoms with Crippen molar-refractivity contribution in [3.63, 3.8) is 0 Å². The predicted octanol–water partition coefficient (Wildman–Crippen LogP) is 2.52. The van der Waals surface area contributed by atoms with Gasteiger partial charge in [-0.2, -0.15) is 11.8 Å². The topological polar surface area (TPSA) is 57.7 Å². The zero-order chi connectivity index (χ0) is 18.5. The van der Waals surface area contributed by atoms with Gasteiger partial charge in [0.05, 0.1) is 17.2 Å². The molecule has 5 nitrogen and oxygen atoms in total. The number of carbonyl (C=O) groups excluding carboxylic acids is 3. The Bertz CT molecular complexity index is 938. The first kappa shape index (κ1) is 16.6. The number of fused-ring (bicyclic) bond motifs is 4. The van der Waals surface area contributed by atoms with Crippen LogP contribution < -0.4 is 0 Å². The lowest BCUT2D eigenvalue weighted by Crippen LogP contribution is -2.52. The number of thioether (sulfide) groups is 1. The number of carbonyl (C=O) groups is 3. The first-order chi connectivity index (χ1) is 13.2. The van der Waals surface area contributed by atoms with Crippen LogP contribution in [0.1, 0.15) is 37.9 Å². The maximum atomic E-state index is 13.4. The Hall–Kier alpha value is -2.60. The van der Waals surface area contributed by atoms with Crippen LogP contribution in [-0.2, 0) is 11.2 Å². The minimum absolute atomic E-state index is 0.00707. The Morgan fingerprint density at radius 3 is 2.26 bits per heavy atom. The lowest BCUT2D eigenvalue weighted by atomic mass is 9.98. The fourth-order valence-corrected chi connectivity index (χ4v) is 5.43. The van der Waals surface area contributed by atoms with Crippen molar-refractivity contribution >= 4 is 29.5 Å². The van der Waals surface area contributed by atoms with Crippen molar-refractivity contribution in [2.24, 2.45) is 0 Å². The van der Waals surface area contributed by atoms with E-state index in [1.807, 2.05) is 34.9 Å². The summed E-state index contributed by atoms with van der Waals surface area (Å²) in [5.41, 5.74) is 2.96. The third-order valence-electron chi connectivity index (χ3n) is 5.66. The van der Waals surface area contributed by atoms with Gasteiger partial charge >= 0.3 is 0 Å². The summed E-state index contributed by atoms with van der Waals surface area (Å²) in [5.74, 6) is 0.871.